The molecule has 4 aromatic rings. The topological polar surface area (TPSA) is 89.8 Å². The maximum absolute atomic E-state index is 11.7. The quantitative estimate of drug-likeness (QED) is 0.586. The van der Waals surface area contributed by atoms with E-state index in [-0.39, 0.29) is 5.69 Å². The number of nitrogens with one attached hydrogen (secondary N) is 1. The minimum absolute atomic E-state index is 0.00281. The van der Waals surface area contributed by atoms with Crippen LogP contribution in [0.3, 0.4) is 0 Å². The Hall–Kier alpha value is -3.65. The Bertz CT molecular complexity index is 1140. The van der Waals surface area contributed by atoms with E-state index >= 15 is 0 Å². The average molecular weight is 313 g/mol. The van der Waals surface area contributed by atoms with E-state index in [1.165, 1.54) is 6.20 Å². The predicted molar refractivity (Wildman–Crippen MR) is 90.7 cm³/mol. The molecule has 0 aliphatic heterocycles. The Morgan fingerprint density at radius 1 is 1.12 bits per heavy atom. The fourth-order valence-electron chi connectivity index (χ4n) is 3.01. The van der Waals surface area contributed by atoms with Crippen LogP contribution >= 0.6 is 0 Å². The molecule has 24 heavy (non-hydrogen) atoms. The zero-order valence-electron chi connectivity index (χ0n) is 12.4. The fraction of sp³-hybridized carbons (Fsp3) is 0. The van der Waals surface area contributed by atoms with Crippen LogP contribution in [0.4, 0.5) is 0 Å². The summed E-state index contributed by atoms with van der Waals surface area (Å²) in [5, 5.41) is 20.3. The van der Waals surface area contributed by atoms with Gasteiger partial charge in [-0.05, 0) is 23.8 Å². The first-order valence-electron chi connectivity index (χ1n) is 7.32. The highest BCUT2D eigenvalue weighted by atomic mass is 16.4. The van der Waals surface area contributed by atoms with E-state index in [9.17, 15) is 9.90 Å². The molecule has 114 valence electrons. The first kappa shape index (κ1) is 14.0. The Kier molecular flexibility index (Phi) is 3.04. The molecule has 2 N–H and O–H groups in total. The van der Waals surface area contributed by atoms with Crippen molar-refractivity contribution >= 4 is 27.8 Å². The van der Waals surface area contributed by atoms with Gasteiger partial charge in [-0.25, -0.2) is 9.78 Å². The summed E-state index contributed by atoms with van der Waals surface area (Å²) in [6, 6.07) is 16.7. The van der Waals surface area contributed by atoms with Crippen LogP contribution < -0.4 is 0 Å². The first-order chi connectivity index (χ1) is 11.7. The lowest BCUT2D eigenvalue weighted by atomic mass is 9.97. The summed E-state index contributed by atoms with van der Waals surface area (Å²) < 4.78 is 0. The number of aromatic carboxylic acids is 1. The summed E-state index contributed by atoms with van der Waals surface area (Å²) in [6.07, 6.45) is 1.53. The smallest absolute Gasteiger partial charge is 0.355 e. The standard InChI is InChI=1S/C19H11N3O2/c20-9-11-6-7-14-13(8-11)17-15(22-14)10-21-18(19(23)24)16(17)12-4-2-1-3-5-12/h1-8,10,22H,(H,23,24). The van der Waals surface area contributed by atoms with E-state index in [4.69, 9.17) is 5.26 Å². The third kappa shape index (κ3) is 2.02. The number of pyridine rings is 1. The second kappa shape index (κ2) is 5.21. The molecule has 0 amide bonds. The number of rotatable bonds is 2. The van der Waals surface area contributed by atoms with Crippen LogP contribution in [-0.4, -0.2) is 21.0 Å². The highest BCUT2D eigenvalue weighted by Crippen LogP contribution is 2.36. The summed E-state index contributed by atoms with van der Waals surface area (Å²) in [6.45, 7) is 0. The second-order valence-electron chi connectivity index (χ2n) is 5.44. The van der Waals surface area contributed by atoms with Crippen LogP contribution in [-0.2, 0) is 0 Å². The summed E-state index contributed by atoms with van der Waals surface area (Å²) >= 11 is 0. The number of fused-ring (bicyclic) bond motifs is 3. The molecule has 0 bridgehead atoms. The molecular weight excluding hydrogens is 302 g/mol. The first-order valence-corrected chi connectivity index (χ1v) is 7.32. The van der Waals surface area contributed by atoms with Crippen LogP contribution in [0, 0.1) is 11.3 Å². The largest absolute Gasteiger partial charge is 0.476 e. The number of aromatic amines is 1. The van der Waals surface area contributed by atoms with Crippen molar-refractivity contribution in [3.8, 4) is 17.2 Å². The van der Waals surface area contributed by atoms with Crippen molar-refractivity contribution in [1.29, 1.82) is 5.26 Å². The van der Waals surface area contributed by atoms with E-state index in [0.29, 0.717) is 11.1 Å². The van der Waals surface area contributed by atoms with Crippen LogP contribution in [0.15, 0.2) is 54.7 Å². The number of carboxylic acids is 1. The molecular formula is C19H11N3O2. The number of nitriles is 1. The van der Waals surface area contributed by atoms with E-state index in [2.05, 4.69) is 16.0 Å². The van der Waals surface area contributed by atoms with Gasteiger partial charge < -0.3 is 10.1 Å². The van der Waals surface area contributed by atoms with Gasteiger partial charge >= 0.3 is 5.97 Å². The van der Waals surface area contributed by atoms with E-state index in [0.717, 1.165) is 27.4 Å². The minimum atomic E-state index is -1.08. The van der Waals surface area contributed by atoms with Gasteiger partial charge in [-0.1, -0.05) is 30.3 Å². The molecule has 0 saturated heterocycles. The molecule has 0 saturated carbocycles. The van der Waals surface area contributed by atoms with Crippen LogP contribution in [0.25, 0.3) is 32.9 Å². The zero-order chi connectivity index (χ0) is 16.7. The third-order valence-electron chi connectivity index (χ3n) is 4.03. The van der Waals surface area contributed by atoms with Crippen LogP contribution in [0.2, 0.25) is 0 Å². The van der Waals surface area contributed by atoms with Crippen molar-refractivity contribution in [3.63, 3.8) is 0 Å². The Morgan fingerprint density at radius 3 is 2.62 bits per heavy atom. The molecule has 2 aromatic carbocycles. The summed E-state index contributed by atoms with van der Waals surface area (Å²) in [4.78, 5) is 19.1. The molecule has 5 heteroatoms. The van der Waals surface area contributed by atoms with Gasteiger partial charge in [0.05, 0.1) is 23.3 Å². The van der Waals surface area contributed by atoms with Crippen molar-refractivity contribution < 1.29 is 9.90 Å². The van der Waals surface area contributed by atoms with Gasteiger partial charge in [0.25, 0.3) is 0 Å². The molecule has 0 fully saturated rings. The number of carbonyl (C=O) groups is 1. The molecule has 2 heterocycles. The minimum Gasteiger partial charge on any atom is -0.476 e. The number of hydrogen-bond acceptors (Lipinski definition) is 3. The van der Waals surface area contributed by atoms with Gasteiger partial charge in [-0.3, -0.25) is 0 Å². The van der Waals surface area contributed by atoms with Gasteiger partial charge in [0.1, 0.15) is 0 Å². The van der Waals surface area contributed by atoms with Crippen LogP contribution in [0.5, 0.6) is 0 Å². The highest BCUT2D eigenvalue weighted by molar-refractivity contribution is 6.17. The van der Waals surface area contributed by atoms with Crippen molar-refractivity contribution in [2.45, 2.75) is 0 Å². The van der Waals surface area contributed by atoms with E-state index in [1.54, 1.807) is 12.1 Å². The summed E-state index contributed by atoms with van der Waals surface area (Å²) in [5.74, 6) is -1.08. The fourth-order valence-corrected chi connectivity index (χ4v) is 3.01. The predicted octanol–water partition coefficient (Wildman–Crippen LogP) is 3.95. The van der Waals surface area contributed by atoms with Crippen molar-refractivity contribution in [2.75, 3.05) is 0 Å². The number of nitrogens with zero attached hydrogens (tertiary/aromatic N) is 2. The number of benzene rings is 2. The summed E-state index contributed by atoms with van der Waals surface area (Å²) in [7, 11) is 0. The van der Waals surface area contributed by atoms with Crippen molar-refractivity contribution in [2.24, 2.45) is 0 Å². The highest BCUT2D eigenvalue weighted by Gasteiger charge is 2.20. The molecule has 0 unspecified atom stereocenters. The van der Waals surface area contributed by atoms with Gasteiger partial charge in [-0.15, -0.1) is 0 Å². The van der Waals surface area contributed by atoms with Crippen molar-refractivity contribution in [3.05, 3.63) is 66.0 Å². The number of H-pyrrole nitrogens is 1. The average Bonchev–Trinajstić information content (AvgIpc) is 2.99. The van der Waals surface area contributed by atoms with Crippen LogP contribution in [0.1, 0.15) is 16.1 Å². The lowest BCUT2D eigenvalue weighted by Crippen LogP contribution is -2.03. The SMILES string of the molecule is N#Cc1ccc2[nH]c3cnc(C(=O)O)c(-c4ccccc4)c3c2c1. The molecule has 0 spiro atoms. The molecule has 0 aliphatic rings. The molecule has 0 aliphatic carbocycles. The Balaban J connectivity index is 2.22. The lowest BCUT2D eigenvalue weighted by molar-refractivity contribution is 0.0691. The number of aromatic nitrogens is 2. The molecule has 4 rings (SSSR count). The number of carboxylic acid groups (broad SMARTS) is 1. The third-order valence-corrected chi connectivity index (χ3v) is 4.03. The monoisotopic (exact) mass is 313 g/mol. The normalized spacial score (nSPS) is 10.8. The molecule has 0 radical (unpaired) electrons. The molecule has 0 atom stereocenters. The molecule has 2 aromatic heterocycles. The second-order valence-corrected chi connectivity index (χ2v) is 5.44. The Morgan fingerprint density at radius 2 is 1.92 bits per heavy atom. The Labute approximate surface area is 136 Å². The van der Waals surface area contributed by atoms with Crippen molar-refractivity contribution in [1.82, 2.24) is 9.97 Å². The van der Waals surface area contributed by atoms with Gasteiger partial charge in [0.15, 0.2) is 5.69 Å². The van der Waals surface area contributed by atoms with E-state index < -0.39 is 5.97 Å². The maximum atomic E-state index is 11.7. The van der Waals surface area contributed by atoms with Gasteiger partial charge in [-0.2, -0.15) is 5.26 Å². The lowest BCUT2D eigenvalue weighted by Gasteiger charge is -2.08. The molecule has 5 nitrogen and oxygen atoms in total. The van der Waals surface area contributed by atoms with E-state index in [1.807, 2.05) is 36.4 Å². The number of hydrogen-bond donors (Lipinski definition) is 2. The van der Waals surface area contributed by atoms with Gasteiger partial charge in [0, 0.05) is 21.9 Å². The zero-order valence-corrected chi connectivity index (χ0v) is 12.4. The van der Waals surface area contributed by atoms with Gasteiger partial charge in [0.2, 0.25) is 0 Å². The summed E-state index contributed by atoms with van der Waals surface area (Å²) in [5.41, 5.74) is 3.43. The maximum Gasteiger partial charge on any atom is 0.355 e.